The first-order chi connectivity index (χ1) is 7.20. The molecule has 4 N–H and O–H groups in total. The molecule has 0 aromatic heterocycles. The van der Waals surface area contributed by atoms with E-state index in [4.69, 9.17) is 11.5 Å². The summed E-state index contributed by atoms with van der Waals surface area (Å²) in [5.41, 5.74) is 12.9. The number of hydrogen-bond acceptors (Lipinski definition) is 3. The molecule has 0 spiro atoms. The minimum absolute atomic E-state index is 0.449. The predicted molar refractivity (Wildman–Crippen MR) is 60.8 cm³/mol. The van der Waals surface area contributed by atoms with E-state index in [0.717, 1.165) is 31.6 Å². The van der Waals surface area contributed by atoms with Gasteiger partial charge in [0.1, 0.15) is 0 Å². The van der Waals surface area contributed by atoms with Crippen molar-refractivity contribution in [2.75, 3.05) is 23.7 Å². The maximum Gasteiger partial charge on any atom is 0.252 e. The topological polar surface area (TPSA) is 72.3 Å². The van der Waals surface area contributed by atoms with E-state index in [1.54, 1.807) is 6.07 Å². The summed E-state index contributed by atoms with van der Waals surface area (Å²) in [4.78, 5) is 13.5. The average molecular weight is 205 g/mol. The molecule has 1 heterocycles. The summed E-state index contributed by atoms with van der Waals surface area (Å²) in [5.74, 6) is -0.449. The molecule has 0 radical (unpaired) electrons. The van der Waals surface area contributed by atoms with Gasteiger partial charge in [-0.1, -0.05) is 6.07 Å². The number of anilines is 2. The van der Waals surface area contributed by atoms with E-state index in [0.29, 0.717) is 11.3 Å². The van der Waals surface area contributed by atoms with E-state index in [2.05, 4.69) is 4.90 Å². The van der Waals surface area contributed by atoms with Crippen LogP contribution in [0.1, 0.15) is 23.2 Å². The Bertz CT molecular complexity index is 383. The Labute approximate surface area is 88.9 Å². The quantitative estimate of drug-likeness (QED) is 0.706. The summed E-state index contributed by atoms with van der Waals surface area (Å²) < 4.78 is 0. The van der Waals surface area contributed by atoms with Crippen LogP contribution in [0.15, 0.2) is 18.2 Å². The van der Waals surface area contributed by atoms with E-state index in [1.807, 2.05) is 12.1 Å². The largest absolute Gasteiger partial charge is 0.398 e. The molecule has 0 saturated carbocycles. The van der Waals surface area contributed by atoms with Crippen molar-refractivity contribution < 1.29 is 4.79 Å². The van der Waals surface area contributed by atoms with Crippen molar-refractivity contribution in [3.05, 3.63) is 23.8 Å². The molecule has 80 valence electrons. The maximum atomic E-state index is 11.3. The third-order valence-electron chi connectivity index (χ3n) is 2.77. The van der Waals surface area contributed by atoms with Gasteiger partial charge in [0, 0.05) is 18.8 Å². The highest BCUT2D eigenvalue weighted by molar-refractivity contribution is 6.03. The zero-order valence-electron chi connectivity index (χ0n) is 8.57. The highest BCUT2D eigenvalue weighted by atomic mass is 16.1. The van der Waals surface area contributed by atoms with Gasteiger partial charge in [-0.2, -0.15) is 0 Å². The van der Waals surface area contributed by atoms with Crippen molar-refractivity contribution in [3.8, 4) is 0 Å². The molecule has 1 aliphatic heterocycles. The lowest BCUT2D eigenvalue weighted by Gasteiger charge is -2.20. The molecule has 0 aliphatic carbocycles. The van der Waals surface area contributed by atoms with Crippen LogP contribution in [0.3, 0.4) is 0 Å². The molecule has 1 aromatic carbocycles. The van der Waals surface area contributed by atoms with Crippen molar-refractivity contribution >= 4 is 17.3 Å². The lowest BCUT2D eigenvalue weighted by molar-refractivity contribution is 0.100. The first kappa shape index (κ1) is 9.83. The first-order valence-electron chi connectivity index (χ1n) is 5.13. The second-order valence-electron chi connectivity index (χ2n) is 3.80. The molecular weight excluding hydrogens is 190 g/mol. The molecule has 1 amide bonds. The average Bonchev–Trinajstić information content (AvgIpc) is 2.69. The van der Waals surface area contributed by atoms with Crippen LogP contribution in [0.5, 0.6) is 0 Å². The van der Waals surface area contributed by atoms with Crippen LogP contribution in [0, 0.1) is 0 Å². The highest BCUT2D eigenvalue weighted by Crippen LogP contribution is 2.27. The molecule has 2 rings (SSSR count). The van der Waals surface area contributed by atoms with E-state index >= 15 is 0 Å². The maximum absolute atomic E-state index is 11.3. The summed E-state index contributed by atoms with van der Waals surface area (Å²) in [5, 5.41) is 0. The molecule has 1 saturated heterocycles. The molecule has 0 unspecified atom stereocenters. The molecule has 4 nitrogen and oxygen atoms in total. The zero-order chi connectivity index (χ0) is 10.8. The van der Waals surface area contributed by atoms with E-state index in [9.17, 15) is 4.79 Å². The Hall–Kier alpha value is -1.71. The first-order valence-corrected chi connectivity index (χ1v) is 5.13. The third-order valence-corrected chi connectivity index (χ3v) is 2.77. The molecular formula is C11H15N3O. The number of carbonyl (C=O) groups is 1. The molecule has 1 aliphatic rings. The number of primary amides is 1. The number of hydrogen-bond donors (Lipinski definition) is 2. The Morgan fingerprint density at radius 3 is 2.53 bits per heavy atom. The number of nitrogen functional groups attached to an aromatic ring is 1. The molecule has 4 heteroatoms. The van der Waals surface area contributed by atoms with Crippen LogP contribution in [0.25, 0.3) is 0 Å². The SMILES string of the molecule is NC(=O)c1c(N)cccc1N1CCCC1. The Morgan fingerprint density at radius 1 is 1.27 bits per heavy atom. The van der Waals surface area contributed by atoms with Crippen LogP contribution in [0.2, 0.25) is 0 Å². The van der Waals surface area contributed by atoms with Gasteiger partial charge in [0.2, 0.25) is 0 Å². The van der Waals surface area contributed by atoms with Gasteiger partial charge < -0.3 is 16.4 Å². The lowest BCUT2D eigenvalue weighted by Crippen LogP contribution is -2.24. The normalized spacial score (nSPS) is 15.6. The Balaban J connectivity index is 2.45. The van der Waals surface area contributed by atoms with Crippen LogP contribution in [0.4, 0.5) is 11.4 Å². The van der Waals surface area contributed by atoms with Crippen LogP contribution >= 0.6 is 0 Å². The minimum atomic E-state index is -0.449. The molecule has 1 aromatic rings. The third kappa shape index (κ3) is 1.75. The van der Waals surface area contributed by atoms with Gasteiger partial charge in [-0.25, -0.2) is 0 Å². The summed E-state index contributed by atoms with van der Waals surface area (Å²) in [6.07, 6.45) is 2.32. The molecule has 1 fully saturated rings. The van der Waals surface area contributed by atoms with Crippen molar-refractivity contribution in [1.82, 2.24) is 0 Å². The van der Waals surface area contributed by atoms with Gasteiger partial charge >= 0.3 is 0 Å². The van der Waals surface area contributed by atoms with E-state index in [1.165, 1.54) is 0 Å². The Morgan fingerprint density at radius 2 is 1.93 bits per heavy atom. The second-order valence-corrected chi connectivity index (χ2v) is 3.80. The van der Waals surface area contributed by atoms with Crippen molar-refractivity contribution in [3.63, 3.8) is 0 Å². The van der Waals surface area contributed by atoms with Gasteiger partial charge in [0.05, 0.1) is 11.3 Å². The number of benzene rings is 1. The standard InChI is InChI=1S/C11H15N3O/c12-8-4-3-5-9(10(8)11(13)15)14-6-1-2-7-14/h3-5H,1-2,6-7,12H2,(H2,13,15). The number of nitrogens with zero attached hydrogens (tertiary/aromatic N) is 1. The number of carbonyl (C=O) groups excluding carboxylic acids is 1. The number of rotatable bonds is 2. The monoisotopic (exact) mass is 205 g/mol. The van der Waals surface area contributed by atoms with Crippen molar-refractivity contribution in [2.45, 2.75) is 12.8 Å². The van der Waals surface area contributed by atoms with Crippen molar-refractivity contribution in [1.29, 1.82) is 0 Å². The summed E-state index contributed by atoms with van der Waals surface area (Å²) in [7, 11) is 0. The predicted octanol–water partition coefficient (Wildman–Crippen LogP) is 0.968. The van der Waals surface area contributed by atoms with Gasteiger partial charge in [-0.15, -0.1) is 0 Å². The smallest absolute Gasteiger partial charge is 0.252 e. The lowest BCUT2D eigenvalue weighted by atomic mass is 10.1. The fourth-order valence-corrected chi connectivity index (χ4v) is 2.05. The van der Waals surface area contributed by atoms with Gasteiger partial charge in [0.25, 0.3) is 5.91 Å². The zero-order valence-corrected chi connectivity index (χ0v) is 8.57. The van der Waals surface area contributed by atoms with Crippen LogP contribution < -0.4 is 16.4 Å². The Kier molecular flexibility index (Phi) is 2.49. The van der Waals surface area contributed by atoms with E-state index in [-0.39, 0.29) is 0 Å². The second kappa shape index (κ2) is 3.81. The summed E-state index contributed by atoms with van der Waals surface area (Å²) in [6.45, 7) is 1.95. The highest BCUT2D eigenvalue weighted by Gasteiger charge is 2.19. The van der Waals surface area contributed by atoms with Crippen LogP contribution in [-0.2, 0) is 0 Å². The number of amides is 1. The fraction of sp³-hybridized carbons (Fsp3) is 0.364. The van der Waals surface area contributed by atoms with Gasteiger partial charge in [0.15, 0.2) is 0 Å². The van der Waals surface area contributed by atoms with Crippen LogP contribution in [-0.4, -0.2) is 19.0 Å². The summed E-state index contributed by atoms with van der Waals surface area (Å²) in [6, 6.07) is 5.47. The van der Waals surface area contributed by atoms with Gasteiger partial charge in [-0.05, 0) is 25.0 Å². The fourth-order valence-electron chi connectivity index (χ4n) is 2.05. The number of nitrogens with two attached hydrogens (primary N) is 2. The minimum Gasteiger partial charge on any atom is -0.398 e. The summed E-state index contributed by atoms with van der Waals surface area (Å²) >= 11 is 0. The molecule has 15 heavy (non-hydrogen) atoms. The molecule has 0 bridgehead atoms. The van der Waals surface area contributed by atoms with Crippen molar-refractivity contribution in [2.24, 2.45) is 5.73 Å². The van der Waals surface area contributed by atoms with Gasteiger partial charge in [-0.3, -0.25) is 4.79 Å². The van der Waals surface area contributed by atoms with E-state index < -0.39 is 5.91 Å². The molecule has 0 atom stereocenters.